The molecule has 1 aliphatic carbocycles. The predicted molar refractivity (Wildman–Crippen MR) is 48.9 cm³/mol. The first-order chi connectivity index (χ1) is 4.72. The minimum Gasteiger partial charge on any atom is -0.0861 e. The Labute approximate surface area is 65.5 Å². The van der Waals surface area contributed by atoms with Crippen molar-refractivity contribution >= 4 is 6.71 Å². The first kappa shape index (κ1) is 8.16. The van der Waals surface area contributed by atoms with Gasteiger partial charge in [-0.05, 0) is 5.92 Å². The summed E-state index contributed by atoms with van der Waals surface area (Å²) in [6.45, 7) is 8.07. The zero-order valence-corrected chi connectivity index (χ0v) is 7.56. The normalized spacial score (nSPS) is 33.9. The molecule has 0 aromatic rings. The van der Waals surface area contributed by atoms with E-state index >= 15 is 0 Å². The third-order valence-electron chi connectivity index (χ3n) is 3.03. The van der Waals surface area contributed by atoms with Crippen molar-refractivity contribution < 1.29 is 0 Å². The largest absolute Gasteiger partial charge is 0.137 e. The van der Waals surface area contributed by atoms with Gasteiger partial charge in [0, 0.05) is 0 Å². The average Bonchev–Trinajstić information content (AvgIpc) is 1.88. The molecule has 0 heterocycles. The molecule has 1 rings (SSSR count). The van der Waals surface area contributed by atoms with Gasteiger partial charge in [0.25, 0.3) is 0 Å². The fourth-order valence-corrected chi connectivity index (χ4v) is 2.34. The second-order valence-corrected chi connectivity index (χ2v) is 4.17. The lowest BCUT2D eigenvalue weighted by Gasteiger charge is -2.30. The third-order valence-corrected chi connectivity index (χ3v) is 3.03. The zero-order chi connectivity index (χ0) is 7.56. The maximum atomic E-state index is 2.42. The highest BCUT2D eigenvalue weighted by Gasteiger charge is 2.24. The van der Waals surface area contributed by atoms with Gasteiger partial charge in [0.2, 0.25) is 0 Å². The molecular formula is C9H19B. The lowest BCUT2D eigenvalue weighted by Crippen LogP contribution is -2.22. The fraction of sp³-hybridized carbons (Fsp3) is 1.00. The van der Waals surface area contributed by atoms with E-state index in [1.54, 1.807) is 0 Å². The molecule has 1 saturated carbocycles. The van der Waals surface area contributed by atoms with E-state index in [0.29, 0.717) is 0 Å². The van der Waals surface area contributed by atoms with Gasteiger partial charge in [-0.1, -0.05) is 52.1 Å². The van der Waals surface area contributed by atoms with Crippen LogP contribution in [-0.2, 0) is 0 Å². The second kappa shape index (κ2) is 3.45. The molecule has 0 aromatic heterocycles. The molecule has 0 radical (unpaired) electrons. The van der Waals surface area contributed by atoms with Gasteiger partial charge >= 0.3 is 0 Å². The van der Waals surface area contributed by atoms with Crippen LogP contribution in [0, 0.1) is 5.92 Å². The highest BCUT2D eigenvalue weighted by molar-refractivity contribution is 6.57. The monoisotopic (exact) mass is 138 g/mol. The maximum absolute atomic E-state index is 2.42. The van der Waals surface area contributed by atoms with Crippen LogP contribution in [0.3, 0.4) is 0 Å². The minimum atomic E-state index is 0.912. The Morgan fingerprint density at radius 1 is 1.10 bits per heavy atom. The molecule has 0 saturated heterocycles. The van der Waals surface area contributed by atoms with Crippen molar-refractivity contribution in [3.05, 3.63) is 0 Å². The molecule has 0 bridgehead atoms. The van der Waals surface area contributed by atoms with Crippen molar-refractivity contribution in [2.45, 2.75) is 52.1 Å². The van der Waals surface area contributed by atoms with Crippen LogP contribution in [0.4, 0.5) is 0 Å². The average molecular weight is 138 g/mol. The standard InChI is InChI=1S/C9H19B/c1-8-6-4-5-7-9(8)10(2)3/h8-9H,4-7H2,1-3H3. The Morgan fingerprint density at radius 2 is 1.70 bits per heavy atom. The van der Waals surface area contributed by atoms with Gasteiger partial charge in [-0.3, -0.25) is 0 Å². The minimum absolute atomic E-state index is 0.912. The van der Waals surface area contributed by atoms with E-state index < -0.39 is 0 Å². The Balaban J connectivity index is 2.40. The Kier molecular flexibility index (Phi) is 2.82. The van der Waals surface area contributed by atoms with Crippen LogP contribution >= 0.6 is 0 Å². The van der Waals surface area contributed by atoms with Crippen molar-refractivity contribution in [1.82, 2.24) is 0 Å². The maximum Gasteiger partial charge on any atom is 0.137 e. The Morgan fingerprint density at radius 3 is 2.10 bits per heavy atom. The highest BCUT2D eigenvalue weighted by Crippen LogP contribution is 2.36. The number of hydrogen-bond donors (Lipinski definition) is 0. The number of hydrogen-bond acceptors (Lipinski definition) is 0. The van der Waals surface area contributed by atoms with Crippen molar-refractivity contribution in [2.24, 2.45) is 5.92 Å². The summed E-state index contributed by atoms with van der Waals surface area (Å²) >= 11 is 0. The SMILES string of the molecule is CB(C)C1CCCCC1C. The molecular weight excluding hydrogens is 119 g/mol. The van der Waals surface area contributed by atoms with E-state index in [4.69, 9.17) is 0 Å². The Bertz CT molecular complexity index is 98.9. The van der Waals surface area contributed by atoms with Crippen molar-refractivity contribution in [3.63, 3.8) is 0 Å². The lowest BCUT2D eigenvalue weighted by molar-refractivity contribution is 0.380. The quantitative estimate of drug-likeness (QED) is 0.487. The molecule has 1 aliphatic rings. The molecule has 0 aromatic carbocycles. The molecule has 58 valence electrons. The fourth-order valence-electron chi connectivity index (χ4n) is 2.34. The van der Waals surface area contributed by atoms with E-state index in [1.807, 2.05) is 0 Å². The predicted octanol–water partition coefficient (Wildman–Crippen LogP) is 3.32. The number of rotatable bonds is 1. The summed E-state index contributed by atoms with van der Waals surface area (Å²) in [5.41, 5.74) is 0. The zero-order valence-electron chi connectivity index (χ0n) is 7.56. The molecule has 2 unspecified atom stereocenters. The van der Waals surface area contributed by atoms with Crippen LogP contribution in [0.1, 0.15) is 32.6 Å². The summed E-state index contributed by atoms with van der Waals surface area (Å²) < 4.78 is 0. The van der Waals surface area contributed by atoms with Gasteiger partial charge in [-0.2, -0.15) is 0 Å². The summed E-state index contributed by atoms with van der Waals surface area (Å²) in [6, 6.07) is 0. The van der Waals surface area contributed by atoms with Crippen LogP contribution in [0.25, 0.3) is 0 Å². The van der Waals surface area contributed by atoms with Gasteiger partial charge in [0.1, 0.15) is 6.71 Å². The van der Waals surface area contributed by atoms with Gasteiger partial charge in [0.05, 0.1) is 0 Å². The van der Waals surface area contributed by atoms with Crippen molar-refractivity contribution in [1.29, 1.82) is 0 Å². The van der Waals surface area contributed by atoms with E-state index in [0.717, 1.165) is 18.4 Å². The van der Waals surface area contributed by atoms with Crippen LogP contribution < -0.4 is 0 Å². The molecule has 0 nitrogen and oxygen atoms in total. The summed E-state index contributed by atoms with van der Waals surface area (Å²) in [7, 11) is 0. The molecule has 10 heavy (non-hydrogen) atoms. The van der Waals surface area contributed by atoms with E-state index in [2.05, 4.69) is 20.6 Å². The van der Waals surface area contributed by atoms with Crippen LogP contribution in [0.15, 0.2) is 0 Å². The van der Waals surface area contributed by atoms with Gasteiger partial charge in [0.15, 0.2) is 0 Å². The summed E-state index contributed by atoms with van der Waals surface area (Å²) in [5, 5.41) is 0. The van der Waals surface area contributed by atoms with Crippen LogP contribution in [-0.4, -0.2) is 6.71 Å². The van der Waals surface area contributed by atoms with Gasteiger partial charge in [-0.15, -0.1) is 0 Å². The molecule has 1 fully saturated rings. The summed E-state index contributed by atoms with van der Waals surface area (Å²) in [6.07, 6.45) is 5.92. The first-order valence-electron chi connectivity index (χ1n) is 4.72. The van der Waals surface area contributed by atoms with Crippen molar-refractivity contribution in [2.75, 3.05) is 0 Å². The Hall–Kier alpha value is 0.0649. The first-order valence-corrected chi connectivity index (χ1v) is 4.72. The molecule has 0 aliphatic heterocycles. The van der Waals surface area contributed by atoms with E-state index in [9.17, 15) is 0 Å². The van der Waals surface area contributed by atoms with E-state index in [1.165, 1.54) is 25.7 Å². The highest BCUT2D eigenvalue weighted by atomic mass is 14.2. The second-order valence-electron chi connectivity index (χ2n) is 4.17. The van der Waals surface area contributed by atoms with Crippen LogP contribution in [0.2, 0.25) is 19.5 Å². The molecule has 0 N–H and O–H groups in total. The molecule has 0 spiro atoms. The smallest absolute Gasteiger partial charge is 0.0861 e. The van der Waals surface area contributed by atoms with Gasteiger partial charge < -0.3 is 0 Å². The third kappa shape index (κ3) is 1.77. The van der Waals surface area contributed by atoms with Crippen molar-refractivity contribution in [3.8, 4) is 0 Å². The molecule has 2 atom stereocenters. The molecule has 0 amide bonds. The summed E-state index contributed by atoms with van der Waals surface area (Å²) in [5.74, 6) is 2.02. The lowest BCUT2D eigenvalue weighted by atomic mass is 9.40. The molecule has 1 heteroatoms. The van der Waals surface area contributed by atoms with E-state index in [-0.39, 0.29) is 0 Å². The van der Waals surface area contributed by atoms with Gasteiger partial charge in [-0.25, -0.2) is 0 Å². The van der Waals surface area contributed by atoms with Crippen LogP contribution in [0.5, 0.6) is 0 Å². The summed E-state index contributed by atoms with van der Waals surface area (Å²) in [4.78, 5) is 0. The topological polar surface area (TPSA) is 0 Å².